The van der Waals surface area contributed by atoms with Crippen molar-refractivity contribution < 1.29 is 9.84 Å². The monoisotopic (exact) mass is 426 g/mol. The van der Waals surface area contributed by atoms with Gasteiger partial charge >= 0.3 is 0 Å². The lowest BCUT2D eigenvalue weighted by Crippen LogP contribution is -2.49. The van der Waals surface area contributed by atoms with E-state index in [1.807, 2.05) is 18.2 Å². The molecule has 1 N–H and O–H groups in total. The molecule has 2 aromatic rings. The summed E-state index contributed by atoms with van der Waals surface area (Å²) in [6, 6.07) is 20.8. The van der Waals surface area contributed by atoms with E-state index in [2.05, 4.69) is 59.2 Å². The molecule has 1 aliphatic rings. The summed E-state index contributed by atoms with van der Waals surface area (Å²) in [5.41, 5.74) is 2.46. The summed E-state index contributed by atoms with van der Waals surface area (Å²) in [5, 5.41) is 10.4. The SMILES string of the molecule is CCC(OCC(O)CN1CCN(c2ccccc2)CC1)c1ccccc1.Cl.Cl. The number of piperazine rings is 1. The Morgan fingerprint density at radius 1 is 0.893 bits per heavy atom. The van der Waals surface area contributed by atoms with E-state index in [0.717, 1.165) is 32.6 Å². The van der Waals surface area contributed by atoms with Crippen LogP contribution < -0.4 is 4.90 Å². The third-order valence-corrected chi connectivity index (χ3v) is 4.99. The van der Waals surface area contributed by atoms with Gasteiger partial charge in [0.25, 0.3) is 0 Å². The van der Waals surface area contributed by atoms with Crippen molar-refractivity contribution in [2.75, 3.05) is 44.2 Å². The van der Waals surface area contributed by atoms with Gasteiger partial charge in [0.15, 0.2) is 0 Å². The minimum Gasteiger partial charge on any atom is -0.389 e. The summed E-state index contributed by atoms with van der Waals surface area (Å²) in [4.78, 5) is 4.73. The summed E-state index contributed by atoms with van der Waals surface area (Å²) in [5.74, 6) is 0. The molecule has 2 aromatic carbocycles. The number of nitrogens with zero attached hydrogens (tertiary/aromatic N) is 2. The van der Waals surface area contributed by atoms with Gasteiger partial charge in [-0.3, -0.25) is 4.90 Å². The van der Waals surface area contributed by atoms with Crippen LogP contribution in [0.15, 0.2) is 60.7 Å². The van der Waals surface area contributed by atoms with Crippen molar-refractivity contribution in [1.82, 2.24) is 4.90 Å². The zero-order valence-corrected chi connectivity index (χ0v) is 18.1. The van der Waals surface area contributed by atoms with Crippen LogP contribution in [-0.4, -0.2) is 55.4 Å². The van der Waals surface area contributed by atoms with Gasteiger partial charge in [0.1, 0.15) is 0 Å². The molecule has 1 fully saturated rings. The molecule has 2 unspecified atom stereocenters. The van der Waals surface area contributed by atoms with Gasteiger partial charge in [0, 0.05) is 38.4 Å². The fourth-order valence-electron chi connectivity index (χ4n) is 3.52. The van der Waals surface area contributed by atoms with E-state index in [1.54, 1.807) is 0 Å². The third-order valence-electron chi connectivity index (χ3n) is 4.99. The first-order valence-corrected chi connectivity index (χ1v) is 9.63. The van der Waals surface area contributed by atoms with E-state index >= 15 is 0 Å². The number of halogens is 2. The molecule has 2 atom stereocenters. The second kappa shape index (κ2) is 13.0. The molecule has 0 bridgehead atoms. The van der Waals surface area contributed by atoms with E-state index in [-0.39, 0.29) is 30.9 Å². The van der Waals surface area contributed by atoms with Crippen LogP contribution >= 0.6 is 24.8 Å². The van der Waals surface area contributed by atoms with E-state index in [9.17, 15) is 5.11 Å². The number of benzene rings is 2. The quantitative estimate of drug-likeness (QED) is 0.686. The number of aliphatic hydroxyl groups is 1. The molecule has 28 heavy (non-hydrogen) atoms. The molecular formula is C22H32Cl2N2O2. The van der Waals surface area contributed by atoms with Crippen molar-refractivity contribution in [3.63, 3.8) is 0 Å². The van der Waals surface area contributed by atoms with Gasteiger partial charge in [0.05, 0.1) is 18.8 Å². The fraction of sp³-hybridized carbons (Fsp3) is 0.455. The Balaban J connectivity index is 0.00000196. The second-order valence-electron chi connectivity index (χ2n) is 6.92. The van der Waals surface area contributed by atoms with Crippen LogP contribution in [0.5, 0.6) is 0 Å². The lowest BCUT2D eigenvalue weighted by Gasteiger charge is -2.37. The molecule has 0 aromatic heterocycles. The molecule has 6 heteroatoms. The highest BCUT2D eigenvalue weighted by Crippen LogP contribution is 2.21. The molecule has 0 spiro atoms. The smallest absolute Gasteiger partial charge is 0.0900 e. The van der Waals surface area contributed by atoms with Crippen molar-refractivity contribution in [1.29, 1.82) is 0 Å². The number of anilines is 1. The average Bonchev–Trinajstić information content (AvgIpc) is 2.70. The Kier molecular flexibility index (Phi) is 11.5. The molecule has 0 saturated carbocycles. The number of hydrogen-bond acceptors (Lipinski definition) is 4. The first-order chi connectivity index (χ1) is 12.8. The van der Waals surface area contributed by atoms with Gasteiger partial charge in [-0.05, 0) is 24.1 Å². The number of β-amino-alcohol motifs (C(OH)–C–C–N with tert-alkyl or cyclic N) is 1. The Morgan fingerprint density at radius 3 is 2.04 bits per heavy atom. The van der Waals surface area contributed by atoms with Crippen LogP contribution in [0.2, 0.25) is 0 Å². The summed E-state index contributed by atoms with van der Waals surface area (Å²) in [6.07, 6.45) is 0.517. The van der Waals surface area contributed by atoms with Gasteiger partial charge < -0.3 is 14.7 Å². The predicted molar refractivity (Wildman–Crippen MR) is 121 cm³/mol. The van der Waals surface area contributed by atoms with Crippen molar-refractivity contribution in [2.45, 2.75) is 25.6 Å². The number of aliphatic hydroxyl groups excluding tert-OH is 1. The number of hydrogen-bond donors (Lipinski definition) is 1. The van der Waals surface area contributed by atoms with Gasteiger partial charge in [-0.15, -0.1) is 24.8 Å². The molecule has 4 nitrogen and oxygen atoms in total. The van der Waals surface area contributed by atoms with E-state index in [1.165, 1.54) is 11.3 Å². The maximum Gasteiger partial charge on any atom is 0.0900 e. The maximum atomic E-state index is 10.4. The van der Waals surface area contributed by atoms with E-state index < -0.39 is 6.10 Å². The molecule has 0 aliphatic carbocycles. The summed E-state index contributed by atoms with van der Waals surface area (Å²) < 4.78 is 5.98. The minimum atomic E-state index is -0.448. The summed E-state index contributed by atoms with van der Waals surface area (Å²) >= 11 is 0. The zero-order chi connectivity index (χ0) is 18.2. The van der Waals surface area contributed by atoms with Crippen LogP contribution in [0, 0.1) is 0 Å². The largest absolute Gasteiger partial charge is 0.389 e. The lowest BCUT2D eigenvalue weighted by atomic mass is 10.1. The topological polar surface area (TPSA) is 35.9 Å². The first kappa shape index (κ1) is 24.7. The van der Waals surface area contributed by atoms with Crippen LogP contribution in [0.4, 0.5) is 5.69 Å². The highest BCUT2D eigenvalue weighted by Gasteiger charge is 2.20. The number of rotatable bonds is 8. The van der Waals surface area contributed by atoms with Crippen molar-refractivity contribution >= 4 is 30.5 Å². The molecule has 1 heterocycles. The standard InChI is InChI=1S/C22H30N2O2.2ClH/c1-2-22(19-9-5-3-6-10-19)26-18-21(25)17-23-13-15-24(16-14-23)20-11-7-4-8-12-20;;/h3-12,21-22,25H,2,13-18H2,1H3;2*1H. The minimum absolute atomic E-state index is 0. The Labute approximate surface area is 181 Å². The summed E-state index contributed by atoms with van der Waals surface area (Å²) in [7, 11) is 0. The first-order valence-electron chi connectivity index (χ1n) is 9.63. The molecule has 1 saturated heterocycles. The molecule has 0 amide bonds. The lowest BCUT2D eigenvalue weighted by molar-refractivity contribution is -0.0240. The van der Waals surface area contributed by atoms with Gasteiger partial charge in [-0.1, -0.05) is 55.5 Å². The number of para-hydroxylation sites is 1. The highest BCUT2D eigenvalue weighted by molar-refractivity contribution is 5.85. The molecular weight excluding hydrogens is 395 g/mol. The molecule has 3 rings (SSSR count). The van der Waals surface area contributed by atoms with E-state index in [0.29, 0.717) is 13.2 Å². The van der Waals surface area contributed by atoms with Gasteiger partial charge in [0.2, 0.25) is 0 Å². The van der Waals surface area contributed by atoms with Gasteiger partial charge in [-0.2, -0.15) is 0 Å². The van der Waals surface area contributed by atoms with Crippen LogP contribution in [0.25, 0.3) is 0 Å². The van der Waals surface area contributed by atoms with Gasteiger partial charge in [-0.25, -0.2) is 0 Å². The number of ether oxygens (including phenoxy) is 1. The van der Waals surface area contributed by atoms with Crippen LogP contribution in [0.1, 0.15) is 25.0 Å². The second-order valence-corrected chi connectivity index (χ2v) is 6.92. The average molecular weight is 427 g/mol. The molecule has 156 valence electrons. The van der Waals surface area contributed by atoms with E-state index in [4.69, 9.17) is 4.74 Å². The Bertz CT molecular complexity index is 637. The normalized spacial score (nSPS) is 16.6. The molecule has 1 aliphatic heterocycles. The van der Waals surface area contributed by atoms with Crippen molar-refractivity contribution in [3.05, 3.63) is 66.2 Å². The maximum absolute atomic E-state index is 10.4. The molecule has 0 radical (unpaired) electrons. The zero-order valence-electron chi connectivity index (χ0n) is 16.4. The third kappa shape index (κ3) is 7.26. The van der Waals surface area contributed by atoms with Crippen LogP contribution in [0.3, 0.4) is 0 Å². The highest BCUT2D eigenvalue weighted by atomic mass is 35.5. The van der Waals surface area contributed by atoms with Crippen LogP contribution in [-0.2, 0) is 4.74 Å². The summed E-state index contributed by atoms with van der Waals surface area (Å²) in [6.45, 7) is 7.12. The Hall–Kier alpha value is -1.30. The Morgan fingerprint density at radius 2 is 1.46 bits per heavy atom. The van der Waals surface area contributed by atoms with Crippen molar-refractivity contribution in [2.24, 2.45) is 0 Å². The van der Waals surface area contributed by atoms with Crippen molar-refractivity contribution in [3.8, 4) is 0 Å². The fourth-order valence-corrected chi connectivity index (χ4v) is 3.52. The predicted octanol–water partition coefficient (Wildman–Crippen LogP) is 4.18.